The zero-order valence-electron chi connectivity index (χ0n) is 12.3. The Hall–Kier alpha value is -1.71. The van der Waals surface area contributed by atoms with Crippen LogP contribution in [0.2, 0.25) is 0 Å². The number of nitrogens with one attached hydrogen (secondary N) is 1. The lowest BCUT2D eigenvalue weighted by molar-refractivity contribution is -0.122. The molecule has 1 fully saturated rings. The van der Waals surface area contributed by atoms with E-state index in [0.717, 1.165) is 43.5 Å². The quantitative estimate of drug-likeness (QED) is 0.831. The number of para-hydroxylation sites is 2. The Kier molecular flexibility index (Phi) is 4.53. The fraction of sp³-hybridized carbons (Fsp3) is 0.562. The van der Waals surface area contributed by atoms with Crippen molar-refractivity contribution in [3.05, 3.63) is 24.3 Å². The number of anilines is 1. The molecule has 2 unspecified atom stereocenters. The van der Waals surface area contributed by atoms with E-state index in [2.05, 4.69) is 12.2 Å². The number of amides is 1. The monoisotopic (exact) mass is 276 g/mol. The first-order chi connectivity index (χ1) is 9.57. The third-order valence-electron chi connectivity index (χ3n) is 4.32. The van der Waals surface area contributed by atoms with Gasteiger partial charge in [0.1, 0.15) is 11.3 Å². The summed E-state index contributed by atoms with van der Waals surface area (Å²) < 4.78 is 5.35. The fourth-order valence-electron chi connectivity index (χ4n) is 2.95. The van der Waals surface area contributed by atoms with Crippen LogP contribution < -0.4 is 15.8 Å². The second-order valence-corrected chi connectivity index (χ2v) is 5.81. The summed E-state index contributed by atoms with van der Waals surface area (Å²) in [4.78, 5) is 12.1. The lowest BCUT2D eigenvalue weighted by Crippen LogP contribution is -2.50. The molecule has 4 heteroatoms. The number of primary amides is 1. The average molecular weight is 276 g/mol. The van der Waals surface area contributed by atoms with Gasteiger partial charge in [-0.2, -0.15) is 0 Å². The largest absolute Gasteiger partial charge is 0.495 e. The Morgan fingerprint density at radius 1 is 1.35 bits per heavy atom. The highest BCUT2D eigenvalue weighted by atomic mass is 16.5. The maximum absolute atomic E-state index is 12.1. The highest BCUT2D eigenvalue weighted by Crippen LogP contribution is 2.35. The summed E-state index contributed by atoms with van der Waals surface area (Å²) in [6.45, 7) is 2.24. The second kappa shape index (κ2) is 6.16. The molecule has 1 aromatic rings. The molecule has 2 atom stereocenters. The van der Waals surface area contributed by atoms with E-state index >= 15 is 0 Å². The lowest BCUT2D eigenvalue weighted by Gasteiger charge is -2.32. The van der Waals surface area contributed by atoms with E-state index in [1.54, 1.807) is 7.11 Å². The van der Waals surface area contributed by atoms with Gasteiger partial charge in [-0.05, 0) is 37.3 Å². The first-order valence-corrected chi connectivity index (χ1v) is 7.28. The molecule has 0 spiro atoms. The predicted molar refractivity (Wildman–Crippen MR) is 80.8 cm³/mol. The first kappa shape index (κ1) is 14.7. The Morgan fingerprint density at radius 2 is 2.10 bits per heavy atom. The number of carbonyl (C=O) groups is 1. The second-order valence-electron chi connectivity index (χ2n) is 5.81. The van der Waals surface area contributed by atoms with Crippen LogP contribution in [-0.4, -0.2) is 18.6 Å². The number of rotatable bonds is 4. The van der Waals surface area contributed by atoms with Gasteiger partial charge in [-0.3, -0.25) is 4.79 Å². The number of carbonyl (C=O) groups excluding carboxylic acids is 1. The Balaban J connectivity index is 2.27. The van der Waals surface area contributed by atoms with Gasteiger partial charge in [0.15, 0.2) is 0 Å². The van der Waals surface area contributed by atoms with Crippen LogP contribution in [0.15, 0.2) is 24.3 Å². The molecule has 20 heavy (non-hydrogen) atoms. The van der Waals surface area contributed by atoms with Gasteiger partial charge in [0.25, 0.3) is 0 Å². The summed E-state index contributed by atoms with van der Waals surface area (Å²) in [7, 11) is 1.63. The van der Waals surface area contributed by atoms with Gasteiger partial charge in [-0.25, -0.2) is 0 Å². The number of methoxy groups -OCH3 is 1. The van der Waals surface area contributed by atoms with E-state index in [1.807, 2.05) is 24.3 Å². The van der Waals surface area contributed by atoms with Crippen LogP contribution in [0.1, 0.15) is 39.0 Å². The number of nitrogens with two attached hydrogens (primary N) is 1. The molecule has 1 amide bonds. The molecule has 3 N–H and O–H groups in total. The third-order valence-corrected chi connectivity index (χ3v) is 4.32. The molecule has 0 saturated heterocycles. The van der Waals surface area contributed by atoms with Crippen molar-refractivity contribution in [1.29, 1.82) is 0 Å². The van der Waals surface area contributed by atoms with Gasteiger partial charge < -0.3 is 15.8 Å². The van der Waals surface area contributed by atoms with Crippen LogP contribution in [0.25, 0.3) is 0 Å². The smallest absolute Gasteiger partial charge is 0.243 e. The van der Waals surface area contributed by atoms with Gasteiger partial charge in [0.05, 0.1) is 12.8 Å². The van der Waals surface area contributed by atoms with Crippen molar-refractivity contribution in [2.24, 2.45) is 11.7 Å². The molecule has 0 bridgehead atoms. The predicted octanol–water partition coefficient (Wildman–Crippen LogP) is 2.93. The molecule has 0 aromatic heterocycles. The minimum atomic E-state index is -0.653. The van der Waals surface area contributed by atoms with Gasteiger partial charge >= 0.3 is 0 Å². The molecule has 110 valence electrons. The van der Waals surface area contributed by atoms with Crippen molar-refractivity contribution in [1.82, 2.24) is 0 Å². The molecule has 1 saturated carbocycles. The van der Waals surface area contributed by atoms with Crippen molar-refractivity contribution in [3.8, 4) is 5.75 Å². The molecule has 1 aromatic carbocycles. The van der Waals surface area contributed by atoms with Gasteiger partial charge in [-0.1, -0.05) is 31.9 Å². The SMILES string of the molecule is COc1ccccc1NC1(C(N)=O)CCCC(C)CC1. The van der Waals surface area contributed by atoms with E-state index < -0.39 is 5.54 Å². The zero-order valence-corrected chi connectivity index (χ0v) is 12.3. The lowest BCUT2D eigenvalue weighted by atomic mass is 9.88. The Bertz CT molecular complexity index is 475. The van der Waals surface area contributed by atoms with Crippen molar-refractivity contribution >= 4 is 11.6 Å². The summed E-state index contributed by atoms with van der Waals surface area (Å²) in [5.74, 6) is 1.12. The molecule has 0 heterocycles. The number of hydrogen-bond acceptors (Lipinski definition) is 3. The number of ether oxygens (including phenoxy) is 1. The maximum atomic E-state index is 12.1. The minimum absolute atomic E-state index is 0.266. The van der Waals surface area contributed by atoms with Crippen molar-refractivity contribution < 1.29 is 9.53 Å². The molecular formula is C16H24N2O2. The Morgan fingerprint density at radius 3 is 2.80 bits per heavy atom. The van der Waals surface area contributed by atoms with E-state index in [-0.39, 0.29) is 5.91 Å². The summed E-state index contributed by atoms with van der Waals surface area (Å²) >= 11 is 0. The normalized spacial score (nSPS) is 26.6. The topological polar surface area (TPSA) is 64.3 Å². The first-order valence-electron chi connectivity index (χ1n) is 7.28. The summed E-state index contributed by atoms with van der Waals surface area (Å²) in [5.41, 5.74) is 5.90. The summed E-state index contributed by atoms with van der Waals surface area (Å²) in [5, 5.41) is 3.37. The number of hydrogen-bond donors (Lipinski definition) is 2. The van der Waals surface area contributed by atoms with Crippen molar-refractivity contribution in [2.45, 2.75) is 44.6 Å². The van der Waals surface area contributed by atoms with E-state index in [9.17, 15) is 4.79 Å². The highest BCUT2D eigenvalue weighted by Gasteiger charge is 2.38. The molecule has 0 aliphatic heterocycles. The average Bonchev–Trinajstić information content (AvgIpc) is 2.63. The molecule has 1 aliphatic carbocycles. The molecule has 4 nitrogen and oxygen atoms in total. The summed E-state index contributed by atoms with van der Waals surface area (Å²) in [6, 6.07) is 7.66. The highest BCUT2D eigenvalue weighted by molar-refractivity contribution is 5.88. The molecule has 1 aliphatic rings. The molecular weight excluding hydrogens is 252 g/mol. The van der Waals surface area contributed by atoms with Crippen LogP contribution >= 0.6 is 0 Å². The van der Waals surface area contributed by atoms with Gasteiger partial charge in [-0.15, -0.1) is 0 Å². The zero-order chi connectivity index (χ0) is 14.6. The van der Waals surface area contributed by atoms with Crippen LogP contribution in [0.4, 0.5) is 5.69 Å². The summed E-state index contributed by atoms with van der Waals surface area (Å²) in [6.07, 6.45) is 4.76. The molecule has 0 radical (unpaired) electrons. The third kappa shape index (κ3) is 3.06. The van der Waals surface area contributed by atoms with E-state index in [0.29, 0.717) is 5.92 Å². The van der Waals surface area contributed by atoms with Gasteiger partial charge in [0, 0.05) is 0 Å². The van der Waals surface area contributed by atoms with Crippen LogP contribution in [0, 0.1) is 5.92 Å². The van der Waals surface area contributed by atoms with E-state index in [1.165, 1.54) is 0 Å². The maximum Gasteiger partial charge on any atom is 0.243 e. The minimum Gasteiger partial charge on any atom is -0.495 e. The van der Waals surface area contributed by atoms with Crippen LogP contribution in [-0.2, 0) is 4.79 Å². The number of benzene rings is 1. The van der Waals surface area contributed by atoms with E-state index in [4.69, 9.17) is 10.5 Å². The van der Waals surface area contributed by atoms with Crippen molar-refractivity contribution in [3.63, 3.8) is 0 Å². The fourth-order valence-corrected chi connectivity index (χ4v) is 2.95. The Labute approximate surface area is 120 Å². The standard InChI is InChI=1S/C16H24N2O2/c1-12-6-5-10-16(11-9-12,15(17)19)18-13-7-3-4-8-14(13)20-2/h3-4,7-8,12,18H,5-6,9-11H2,1-2H3,(H2,17,19). The van der Waals surface area contributed by atoms with Crippen molar-refractivity contribution in [2.75, 3.05) is 12.4 Å². The van der Waals surface area contributed by atoms with Crippen LogP contribution in [0.3, 0.4) is 0 Å². The molecule has 2 rings (SSSR count). The van der Waals surface area contributed by atoms with Crippen LogP contribution in [0.5, 0.6) is 5.75 Å². The van der Waals surface area contributed by atoms with Gasteiger partial charge in [0.2, 0.25) is 5.91 Å².